The number of amides is 1. The first-order valence-corrected chi connectivity index (χ1v) is 8.99. The van der Waals surface area contributed by atoms with Crippen LogP contribution in [0, 0.1) is 20.2 Å². The van der Waals surface area contributed by atoms with E-state index >= 15 is 0 Å². The number of hydrogen-bond acceptors (Lipinski definition) is 6. The van der Waals surface area contributed by atoms with E-state index in [9.17, 15) is 25.0 Å². The van der Waals surface area contributed by atoms with Crippen molar-refractivity contribution in [1.82, 2.24) is 4.57 Å². The fourth-order valence-corrected chi connectivity index (χ4v) is 3.71. The van der Waals surface area contributed by atoms with Gasteiger partial charge in [-0.05, 0) is 36.8 Å². The van der Waals surface area contributed by atoms with Crippen molar-refractivity contribution in [3.05, 3.63) is 79.1 Å². The van der Waals surface area contributed by atoms with Crippen LogP contribution in [0.2, 0.25) is 0 Å². The number of fused-ring (bicyclic) bond motifs is 1. The van der Waals surface area contributed by atoms with Crippen LogP contribution in [-0.4, -0.2) is 20.3 Å². The summed E-state index contributed by atoms with van der Waals surface area (Å²) in [4.78, 5) is 37.4. The number of thiazole rings is 1. The molecule has 2 aromatic carbocycles. The summed E-state index contributed by atoms with van der Waals surface area (Å²) in [5, 5.41) is 21.6. The molecule has 0 atom stereocenters. The first kappa shape index (κ1) is 19.1. The lowest BCUT2D eigenvalue weighted by Crippen LogP contribution is -2.15. The van der Waals surface area contributed by atoms with E-state index in [4.69, 9.17) is 0 Å². The summed E-state index contributed by atoms with van der Waals surface area (Å²) in [5.41, 5.74) is 1.35. The van der Waals surface area contributed by atoms with Gasteiger partial charge in [0.1, 0.15) is 0 Å². The van der Waals surface area contributed by atoms with Gasteiger partial charge >= 0.3 is 0 Å². The maximum absolute atomic E-state index is 12.2. The molecule has 142 valence electrons. The fourth-order valence-electron chi connectivity index (χ4n) is 2.57. The number of carbonyl (C=O) groups is 1. The molecule has 0 bridgehead atoms. The number of aromatic nitrogens is 1. The number of benzene rings is 2. The molecule has 10 heteroatoms. The predicted molar refractivity (Wildman–Crippen MR) is 105 cm³/mol. The number of rotatable bonds is 5. The molecule has 0 fully saturated rings. The SMILES string of the molecule is CCn1c(=NC(=O)/C=C/c2ccc([N+](=O)[O-])cc2)sc2cc([N+](=O)[O-])ccc21. The summed E-state index contributed by atoms with van der Waals surface area (Å²) in [5.74, 6) is -0.499. The molecule has 0 aliphatic carbocycles. The Morgan fingerprint density at radius 1 is 1.11 bits per heavy atom. The molecule has 3 rings (SSSR count). The minimum absolute atomic E-state index is 0.0204. The van der Waals surface area contributed by atoms with Crippen molar-refractivity contribution >= 4 is 44.9 Å². The Hall–Kier alpha value is -3.66. The molecule has 0 aliphatic rings. The van der Waals surface area contributed by atoms with Gasteiger partial charge in [0.15, 0.2) is 4.80 Å². The van der Waals surface area contributed by atoms with E-state index in [1.165, 1.54) is 59.9 Å². The highest BCUT2D eigenvalue weighted by molar-refractivity contribution is 7.16. The van der Waals surface area contributed by atoms with Crippen LogP contribution in [0.15, 0.2) is 53.5 Å². The van der Waals surface area contributed by atoms with Crippen molar-refractivity contribution in [2.75, 3.05) is 0 Å². The molecule has 1 aromatic heterocycles. The third kappa shape index (κ3) is 4.01. The molecule has 9 nitrogen and oxygen atoms in total. The van der Waals surface area contributed by atoms with E-state index < -0.39 is 15.8 Å². The van der Waals surface area contributed by atoms with Crippen molar-refractivity contribution in [2.45, 2.75) is 13.5 Å². The molecule has 0 unspecified atom stereocenters. The van der Waals surface area contributed by atoms with Crippen LogP contribution in [0.3, 0.4) is 0 Å². The van der Waals surface area contributed by atoms with Gasteiger partial charge in [0.25, 0.3) is 17.3 Å². The summed E-state index contributed by atoms with van der Waals surface area (Å²) in [6, 6.07) is 10.3. The average Bonchev–Trinajstić information content (AvgIpc) is 3.02. The van der Waals surface area contributed by atoms with Crippen molar-refractivity contribution in [3.8, 4) is 0 Å². The molecular formula is C18H14N4O5S. The van der Waals surface area contributed by atoms with Gasteiger partial charge in [-0.1, -0.05) is 11.3 Å². The lowest BCUT2D eigenvalue weighted by Gasteiger charge is -1.99. The summed E-state index contributed by atoms with van der Waals surface area (Å²) in [6.07, 6.45) is 2.79. The van der Waals surface area contributed by atoms with Crippen molar-refractivity contribution in [1.29, 1.82) is 0 Å². The van der Waals surface area contributed by atoms with Gasteiger partial charge in [-0.2, -0.15) is 4.99 Å². The van der Waals surface area contributed by atoms with Gasteiger partial charge in [-0.25, -0.2) is 0 Å². The number of hydrogen-bond donors (Lipinski definition) is 0. The second-order valence-electron chi connectivity index (χ2n) is 5.67. The number of nitrogens with zero attached hydrogens (tertiary/aromatic N) is 4. The number of carbonyl (C=O) groups excluding carboxylic acids is 1. The first-order valence-electron chi connectivity index (χ1n) is 8.18. The maximum Gasteiger partial charge on any atom is 0.272 e. The Morgan fingerprint density at radius 2 is 1.75 bits per heavy atom. The molecular weight excluding hydrogens is 384 g/mol. The van der Waals surface area contributed by atoms with Crippen molar-refractivity contribution in [2.24, 2.45) is 4.99 Å². The minimum atomic E-state index is -0.499. The molecule has 0 saturated carbocycles. The maximum atomic E-state index is 12.2. The highest BCUT2D eigenvalue weighted by Gasteiger charge is 2.11. The molecule has 0 N–H and O–H groups in total. The second kappa shape index (κ2) is 7.92. The van der Waals surface area contributed by atoms with E-state index in [0.29, 0.717) is 21.6 Å². The number of aryl methyl sites for hydroxylation is 1. The molecule has 0 aliphatic heterocycles. The highest BCUT2D eigenvalue weighted by Crippen LogP contribution is 2.23. The Labute approximate surface area is 162 Å². The van der Waals surface area contributed by atoms with Gasteiger partial charge in [0.05, 0.1) is 20.1 Å². The molecule has 0 radical (unpaired) electrons. The third-order valence-electron chi connectivity index (χ3n) is 3.92. The van der Waals surface area contributed by atoms with Crippen LogP contribution < -0.4 is 4.80 Å². The predicted octanol–water partition coefficient (Wildman–Crippen LogP) is 3.68. The van der Waals surface area contributed by atoms with E-state index in [0.717, 1.165) is 5.52 Å². The zero-order valence-corrected chi connectivity index (χ0v) is 15.5. The van der Waals surface area contributed by atoms with Crippen LogP contribution in [0.1, 0.15) is 12.5 Å². The lowest BCUT2D eigenvalue weighted by atomic mass is 10.2. The average molecular weight is 398 g/mol. The zero-order valence-electron chi connectivity index (χ0n) is 14.6. The van der Waals surface area contributed by atoms with Crippen LogP contribution in [0.25, 0.3) is 16.3 Å². The quantitative estimate of drug-likeness (QED) is 0.369. The summed E-state index contributed by atoms with van der Waals surface area (Å²) < 4.78 is 2.48. The van der Waals surface area contributed by atoms with Crippen LogP contribution in [-0.2, 0) is 11.3 Å². The van der Waals surface area contributed by atoms with Crippen LogP contribution in [0.5, 0.6) is 0 Å². The Morgan fingerprint density at radius 3 is 2.36 bits per heavy atom. The van der Waals surface area contributed by atoms with E-state index in [2.05, 4.69) is 4.99 Å². The topological polar surface area (TPSA) is 121 Å². The van der Waals surface area contributed by atoms with Gasteiger partial charge in [-0.3, -0.25) is 25.0 Å². The molecule has 0 spiro atoms. The first-order chi connectivity index (χ1) is 13.4. The largest absolute Gasteiger partial charge is 0.317 e. The molecule has 1 amide bonds. The second-order valence-corrected chi connectivity index (χ2v) is 6.68. The summed E-state index contributed by atoms with van der Waals surface area (Å²) in [6.45, 7) is 2.44. The Balaban J connectivity index is 1.91. The van der Waals surface area contributed by atoms with Crippen molar-refractivity contribution in [3.63, 3.8) is 0 Å². The fraction of sp³-hybridized carbons (Fsp3) is 0.111. The highest BCUT2D eigenvalue weighted by atomic mass is 32.1. The number of non-ortho nitro benzene ring substituents is 2. The Bertz CT molecular complexity index is 1170. The van der Waals surface area contributed by atoms with Gasteiger partial charge < -0.3 is 4.57 Å². The van der Waals surface area contributed by atoms with Gasteiger partial charge in [0, 0.05) is 36.9 Å². The normalized spacial score (nSPS) is 12.0. The minimum Gasteiger partial charge on any atom is -0.317 e. The Kier molecular flexibility index (Phi) is 5.41. The zero-order chi connectivity index (χ0) is 20.3. The molecule has 0 saturated heterocycles. The summed E-state index contributed by atoms with van der Waals surface area (Å²) in [7, 11) is 0. The smallest absolute Gasteiger partial charge is 0.272 e. The number of nitro groups is 2. The molecule has 1 heterocycles. The van der Waals surface area contributed by atoms with E-state index in [-0.39, 0.29) is 11.4 Å². The standard InChI is InChI=1S/C18H14N4O5S/c1-2-20-15-9-8-14(22(26)27)11-16(15)28-18(20)19-17(23)10-5-12-3-6-13(7-4-12)21(24)25/h3-11H,2H2,1H3/b10-5+,19-18?. The van der Waals surface area contributed by atoms with Crippen molar-refractivity contribution < 1.29 is 14.6 Å². The van der Waals surface area contributed by atoms with Crippen LogP contribution in [0.4, 0.5) is 11.4 Å². The van der Waals surface area contributed by atoms with Gasteiger partial charge in [0.2, 0.25) is 0 Å². The third-order valence-corrected chi connectivity index (χ3v) is 4.96. The lowest BCUT2D eigenvalue weighted by molar-refractivity contribution is -0.385. The molecule has 28 heavy (non-hydrogen) atoms. The summed E-state index contributed by atoms with van der Waals surface area (Å²) >= 11 is 1.20. The molecule has 3 aromatic rings. The van der Waals surface area contributed by atoms with E-state index in [1.807, 2.05) is 6.92 Å². The van der Waals surface area contributed by atoms with Crippen LogP contribution >= 0.6 is 11.3 Å². The van der Waals surface area contributed by atoms with Gasteiger partial charge in [-0.15, -0.1) is 0 Å². The number of nitro benzene ring substituents is 2. The van der Waals surface area contributed by atoms with E-state index in [1.54, 1.807) is 10.6 Å². The monoisotopic (exact) mass is 398 g/mol.